The predicted octanol–water partition coefficient (Wildman–Crippen LogP) is 2.70. The zero-order valence-electron chi connectivity index (χ0n) is 10.7. The Kier molecular flexibility index (Phi) is 3.52. The number of rotatable bonds is 3. The summed E-state index contributed by atoms with van der Waals surface area (Å²) in [6.45, 7) is 2.74. The van der Waals surface area contributed by atoms with Crippen LogP contribution in [0.25, 0.3) is 0 Å². The molecule has 0 radical (unpaired) electrons. The zero-order valence-corrected chi connectivity index (χ0v) is 10.7. The van der Waals surface area contributed by atoms with Crippen LogP contribution in [-0.2, 0) is 19.8 Å². The van der Waals surface area contributed by atoms with E-state index in [1.165, 1.54) is 0 Å². The number of methoxy groups -OCH3 is 2. The molecule has 0 bridgehead atoms. The van der Waals surface area contributed by atoms with E-state index in [1.807, 2.05) is 18.2 Å². The Labute approximate surface area is 103 Å². The van der Waals surface area contributed by atoms with Gasteiger partial charge in [-0.25, -0.2) is 0 Å². The molecule has 1 atom stereocenters. The third-order valence-corrected chi connectivity index (χ3v) is 3.64. The van der Waals surface area contributed by atoms with Crippen molar-refractivity contribution in [2.45, 2.75) is 31.2 Å². The molecule has 0 spiro atoms. The molecular formula is C14H20O3. The lowest BCUT2D eigenvalue weighted by atomic mass is 9.85. The van der Waals surface area contributed by atoms with Gasteiger partial charge in [-0.15, -0.1) is 0 Å². The summed E-state index contributed by atoms with van der Waals surface area (Å²) in [6, 6.07) is 10.2. The highest BCUT2D eigenvalue weighted by Gasteiger charge is 2.44. The molecule has 17 heavy (non-hydrogen) atoms. The van der Waals surface area contributed by atoms with Crippen LogP contribution in [0.4, 0.5) is 0 Å². The van der Waals surface area contributed by atoms with Crippen LogP contribution in [0.2, 0.25) is 0 Å². The van der Waals surface area contributed by atoms with Crippen molar-refractivity contribution in [3.05, 3.63) is 35.9 Å². The number of hydrogen-bond donors (Lipinski definition) is 0. The van der Waals surface area contributed by atoms with Gasteiger partial charge in [0.05, 0.1) is 12.2 Å². The van der Waals surface area contributed by atoms with Gasteiger partial charge in [0, 0.05) is 27.1 Å². The molecule has 0 aromatic heterocycles. The summed E-state index contributed by atoms with van der Waals surface area (Å²) in [5.74, 6) is -0.525. The fourth-order valence-electron chi connectivity index (χ4n) is 2.49. The van der Waals surface area contributed by atoms with Crippen molar-refractivity contribution in [1.29, 1.82) is 0 Å². The molecule has 0 aliphatic carbocycles. The minimum atomic E-state index is -0.525. The summed E-state index contributed by atoms with van der Waals surface area (Å²) < 4.78 is 17.0. The predicted molar refractivity (Wildman–Crippen MR) is 65.7 cm³/mol. The van der Waals surface area contributed by atoms with E-state index in [4.69, 9.17) is 14.2 Å². The first-order chi connectivity index (χ1) is 8.14. The molecule has 94 valence electrons. The Balaban J connectivity index is 2.26. The summed E-state index contributed by atoms with van der Waals surface area (Å²) in [7, 11) is 3.39. The second kappa shape index (κ2) is 4.77. The Morgan fingerprint density at radius 1 is 1.12 bits per heavy atom. The van der Waals surface area contributed by atoms with E-state index >= 15 is 0 Å². The molecule has 1 aromatic carbocycles. The lowest BCUT2D eigenvalue weighted by Crippen LogP contribution is -2.48. The molecule has 3 nitrogen and oxygen atoms in total. The highest BCUT2D eigenvalue weighted by molar-refractivity contribution is 5.23. The van der Waals surface area contributed by atoms with E-state index in [0.29, 0.717) is 13.0 Å². The van der Waals surface area contributed by atoms with Crippen LogP contribution in [0.1, 0.15) is 25.3 Å². The highest BCUT2D eigenvalue weighted by Crippen LogP contribution is 2.41. The van der Waals surface area contributed by atoms with E-state index < -0.39 is 5.79 Å². The molecule has 1 aliphatic rings. The van der Waals surface area contributed by atoms with Crippen molar-refractivity contribution in [2.24, 2.45) is 0 Å². The maximum atomic E-state index is 5.95. The molecule has 1 heterocycles. The average molecular weight is 236 g/mol. The molecule has 0 saturated carbocycles. The minimum absolute atomic E-state index is 0.342. The maximum absolute atomic E-state index is 5.95. The topological polar surface area (TPSA) is 27.7 Å². The van der Waals surface area contributed by atoms with Gasteiger partial charge in [0.2, 0.25) is 0 Å². The standard InChI is InChI=1S/C14H20O3/c1-13(12-7-5-4-6-8-12)11-14(15-2,16-3)9-10-17-13/h4-8H,9-11H2,1-3H3. The molecule has 1 aliphatic heterocycles. The molecule has 1 aromatic rings. The first-order valence-electron chi connectivity index (χ1n) is 5.94. The van der Waals surface area contributed by atoms with Crippen LogP contribution >= 0.6 is 0 Å². The summed E-state index contributed by atoms with van der Waals surface area (Å²) in [4.78, 5) is 0. The number of ether oxygens (including phenoxy) is 3. The van der Waals surface area contributed by atoms with E-state index in [1.54, 1.807) is 14.2 Å². The molecule has 1 fully saturated rings. The largest absolute Gasteiger partial charge is 0.370 e. The van der Waals surface area contributed by atoms with Crippen LogP contribution in [0.15, 0.2) is 30.3 Å². The molecule has 2 rings (SSSR count). The van der Waals surface area contributed by atoms with Crippen molar-refractivity contribution in [2.75, 3.05) is 20.8 Å². The molecule has 3 heteroatoms. The van der Waals surface area contributed by atoms with Crippen LogP contribution in [-0.4, -0.2) is 26.6 Å². The first-order valence-corrected chi connectivity index (χ1v) is 5.94. The molecular weight excluding hydrogens is 216 g/mol. The second-order valence-electron chi connectivity index (χ2n) is 4.69. The van der Waals surface area contributed by atoms with Gasteiger partial charge in [0.15, 0.2) is 5.79 Å². The van der Waals surface area contributed by atoms with Gasteiger partial charge in [-0.2, -0.15) is 0 Å². The SMILES string of the molecule is COC1(OC)CCOC(C)(c2ccccc2)C1. The third kappa shape index (κ3) is 2.37. The third-order valence-electron chi connectivity index (χ3n) is 3.64. The molecule has 0 N–H and O–H groups in total. The van der Waals surface area contributed by atoms with Crippen molar-refractivity contribution >= 4 is 0 Å². The van der Waals surface area contributed by atoms with Gasteiger partial charge in [-0.3, -0.25) is 0 Å². The quantitative estimate of drug-likeness (QED) is 0.755. The Hall–Kier alpha value is -0.900. The summed E-state index contributed by atoms with van der Waals surface area (Å²) >= 11 is 0. The van der Waals surface area contributed by atoms with Crippen LogP contribution in [0.3, 0.4) is 0 Å². The van der Waals surface area contributed by atoms with E-state index in [2.05, 4.69) is 19.1 Å². The molecule has 0 amide bonds. The Bertz CT molecular complexity index is 359. The Morgan fingerprint density at radius 3 is 2.35 bits per heavy atom. The van der Waals surface area contributed by atoms with E-state index in [0.717, 1.165) is 12.0 Å². The molecule has 1 unspecified atom stereocenters. The summed E-state index contributed by atoms with van der Waals surface area (Å²) in [5.41, 5.74) is 0.823. The van der Waals surface area contributed by atoms with Crippen LogP contribution < -0.4 is 0 Å². The van der Waals surface area contributed by atoms with Gasteiger partial charge in [0.25, 0.3) is 0 Å². The van der Waals surface area contributed by atoms with Crippen molar-refractivity contribution in [1.82, 2.24) is 0 Å². The number of hydrogen-bond acceptors (Lipinski definition) is 3. The normalized spacial score (nSPS) is 27.9. The lowest BCUT2D eigenvalue weighted by molar-refractivity contribution is -0.278. The first kappa shape index (κ1) is 12.6. The van der Waals surface area contributed by atoms with Gasteiger partial charge in [-0.1, -0.05) is 30.3 Å². The maximum Gasteiger partial charge on any atom is 0.172 e. The van der Waals surface area contributed by atoms with Crippen molar-refractivity contribution in [3.63, 3.8) is 0 Å². The van der Waals surface area contributed by atoms with E-state index in [9.17, 15) is 0 Å². The zero-order chi connectivity index (χ0) is 12.4. The van der Waals surface area contributed by atoms with Gasteiger partial charge in [-0.05, 0) is 12.5 Å². The average Bonchev–Trinajstić information content (AvgIpc) is 2.40. The van der Waals surface area contributed by atoms with Crippen molar-refractivity contribution in [3.8, 4) is 0 Å². The van der Waals surface area contributed by atoms with Gasteiger partial charge < -0.3 is 14.2 Å². The van der Waals surface area contributed by atoms with Crippen molar-refractivity contribution < 1.29 is 14.2 Å². The van der Waals surface area contributed by atoms with Crippen LogP contribution in [0, 0.1) is 0 Å². The van der Waals surface area contributed by atoms with Gasteiger partial charge in [0.1, 0.15) is 0 Å². The van der Waals surface area contributed by atoms with E-state index in [-0.39, 0.29) is 5.60 Å². The smallest absolute Gasteiger partial charge is 0.172 e. The fraction of sp³-hybridized carbons (Fsp3) is 0.571. The number of benzene rings is 1. The minimum Gasteiger partial charge on any atom is -0.370 e. The summed E-state index contributed by atoms with van der Waals surface area (Å²) in [5, 5.41) is 0. The fourth-order valence-corrected chi connectivity index (χ4v) is 2.49. The second-order valence-corrected chi connectivity index (χ2v) is 4.69. The summed E-state index contributed by atoms with van der Waals surface area (Å²) in [6.07, 6.45) is 1.47. The van der Waals surface area contributed by atoms with Crippen LogP contribution in [0.5, 0.6) is 0 Å². The lowest BCUT2D eigenvalue weighted by Gasteiger charge is -2.44. The highest BCUT2D eigenvalue weighted by atomic mass is 16.7. The monoisotopic (exact) mass is 236 g/mol. The van der Waals surface area contributed by atoms with Gasteiger partial charge >= 0.3 is 0 Å². The molecule has 1 saturated heterocycles. The Morgan fingerprint density at radius 2 is 1.76 bits per heavy atom.